The first-order valence-corrected chi connectivity index (χ1v) is 9.82. The lowest BCUT2D eigenvalue weighted by Gasteiger charge is -2.26. The van der Waals surface area contributed by atoms with Crippen LogP contribution in [0.3, 0.4) is 0 Å². The van der Waals surface area contributed by atoms with Gasteiger partial charge in [-0.15, -0.1) is 0 Å². The van der Waals surface area contributed by atoms with Crippen molar-refractivity contribution in [2.75, 3.05) is 6.54 Å². The summed E-state index contributed by atoms with van der Waals surface area (Å²) >= 11 is 0. The number of alkyl halides is 3. The van der Waals surface area contributed by atoms with Gasteiger partial charge in [0.15, 0.2) is 6.10 Å². The van der Waals surface area contributed by atoms with E-state index in [0.717, 1.165) is 12.1 Å². The monoisotopic (exact) mass is 437 g/mol. The number of oxime groups is 1. The molecule has 2 aromatic rings. The molecule has 0 aromatic heterocycles. The highest BCUT2D eigenvalue weighted by molar-refractivity contribution is 6.01. The summed E-state index contributed by atoms with van der Waals surface area (Å²) in [5, 5.41) is 6.79. The van der Waals surface area contributed by atoms with Crippen LogP contribution in [0.1, 0.15) is 37.0 Å². The number of hydrogen-bond acceptors (Lipinski definition) is 3. The third-order valence-corrected chi connectivity index (χ3v) is 4.66. The first-order chi connectivity index (χ1) is 14.6. The number of halogens is 4. The summed E-state index contributed by atoms with van der Waals surface area (Å²) in [6, 6.07) is 10.1. The largest absolute Gasteiger partial charge is 0.416 e. The lowest BCUT2D eigenvalue weighted by atomic mass is 10.0. The van der Waals surface area contributed by atoms with Crippen molar-refractivity contribution in [1.29, 1.82) is 0 Å². The van der Waals surface area contributed by atoms with Gasteiger partial charge in [0.05, 0.1) is 17.8 Å². The Morgan fingerprint density at radius 3 is 2.58 bits per heavy atom. The minimum Gasteiger partial charge on any atom is -0.390 e. The van der Waals surface area contributed by atoms with Crippen LogP contribution in [0.15, 0.2) is 53.7 Å². The van der Waals surface area contributed by atoms with Crippen LogP contribution in [0, 0.1) is 5.82 Å². The van der Waals surface area contributed by atoms with Crippen LogP contribution in [0.5, 0.6) is 0 Å². The molecule has 0 fully saturated rings. The average molecular weight is 437 g/mol. The molecule has 31 heavy (non-hydrogen) atoms. The van der Waals surface area contributed by atoms with Gasteiger partial charge in [0.25, 0.3) is 0 Å². The number of rotatable bonds is 6. The van der Waals surface area contributed by atoms with Crippen LogP contribution >= 0.6 is 0 Å². The predicted octanol–water partition coefficient (Wildman–Crippen LogP) is 4.96. The molecular formula is C22H23F4N3O2. The van der Waals surface area contributed by atoms with Crippen molar-refractivity contribution < 1.29 is 27.2 Å². The van der Waals surface area contributed by atoms with Crippen molar-refractivity contribution in [2.24, 2.45) is 5.16 Å². The molecule has 1 aliphatic rings. The van der Waals surface area contributed by atoms with E-state index >= 15 is 0 Å². The van der Waals surface area contributed by atoms with Gasteiger partial charge in [0.2, 0.25) is 0 Å². The number of benzene rings is 2. The molecule has 0 spiro atoms. The van der Waals surface area contributed by atoms with E-state index in [4.69, 9.17) is 4.84 Å². The minimum absolute atomic E-state index is 0.0196. The maximum atomic E-state index is 13.1. The zero-order chi connectivity index (χ0) is 22.6. The second-order valence-electron chi connectivity index (χ2n) is 7.66. The number of carbonyl (C=O) groups excluding carboxylic acids is 1. The highest BCUT2D eigenvalue weighted by atomic mass is 19.4. The molecule has 0 saturated carbocycles. The summed E-state index contributed by atoms with van der Waals surface area (Å²) in [6.07, 6.45) is -4.54. The van der Waals surface area contributed by atoms with Crippen molar-refractivity contribution >= 4 is 11.7 Å². The van der Waals surface area contributed by atoms with Crippen LogP contribution in [0.2, 0.25) is 0 Å². The second kappa shape index (κ2) is 9.36. The Balaban J connectivity index is 1.71. The first kappa shape index (κ1) is 22.6. The number of urea groups is 1. The smallest absolute Gasteiger partial charge is 0.390 e. The Kier molecular flexibility index (Phi) is 6.82. The molecule has 9 heteroatoms. The SMILES string of the molecule is CC(C)NC(=O)N(Cc1cccc(C(F)(F)F)c1)C[C@@H]1CC(c2ccc(F)cc2)=NO1. The van der Waals surface area contributed by atoms with E-state index in [2.05, 4.69) is 10.5 Å². The molecule has 1 atom stereocenters. The van der Waals surface area contributed by atoms with Gasteiger partial charge < -0.3 is 15.1 Å². The molecule has 0 saturated heterocycles. The van der Waals surface area contributed by atoms with Crippen molar-refractivity contribution in [3.05, 3.63) is 71.0 Å². The molecule has 1 N–H and O–H groups in total. The number of nitrogens with one attached hydrogen (secondary N) is 1. The van der Waals surface area contributed by atoms with Crippen molar-refractivity contribution in [3.63, 3.8) is 0 Å². The Morgan fingerprint density at radius 1 is 1.23 bits per heavy atom. The van der Waals surface area contributed by atoms with E-state index in [9.17, 15) is 22.4 Å². The summed E-state index contributed by atoms with van der Waals surface area (Å²) in [6.45, 7) is 3.70. The fourth-order valence-corrected chi connectivity index (χ4v) is 3.21. The van der Waals surface area contributed by atoms with E-state index in [-0.39, 0.29) is 24.9 Å². The lowest BCUT2D eigenvalue weighted by molar-refractivity contribution is -0.137. The summed E-state index contributed by atoms with van der Waals surface area (Å²) in [5.41, 5.74) is 0.910. The van der Waals surface area contributed by atoms with Gasteiger partial charge in [-0.25, -0.2) is 9.18 Å². The first-order valence-electron chi connectivity index (χ1n) is 9.82. The highest BCUT2D eigenvalue weighted by Gasteiger charge is 2.31. The zero-order valence-corrected chi connectivity index (χ0v) is 17.1. The van der Waals surface area contributed by atoms with E-state index < -0.39 is 23.9 Å². The summed E-state index contributed by atoms with van der Waals surface area (Å²) in [7, 11) is 0. The van der Waals surface area contributed by atoms with Crippen molar-refractivity contribution in [3.8, 4) is 0 Å². The normalized spacial score (nSPS) is 16.1. The van der Waals surface area contributed by atoms with Gasteiger partial charge in [-0.2, -0.15) is 13.2 Å². The standard InChI is InChI=1S/C22H23F4N3O2/c1-14(2)27-21(30)29(12-15-4-3-5-17(10-15)22(24,25)26)13-19-11-20(28-31-19)16-6-8-18(23)9-7-16/h3-10,14,19H,11-13H2,1-2H3,(H,27,30)/t19-/m0/s1. The van der Waals surface area contributed by atoms with E-state index in [0.29, 0.717) is 23.3 Å². The van der Waals surface area contributed by atoms with Gasteiger partial charge in [-0.05, 0) is 49.2 Å². The molecule has 5 nitrogen and oxygen atoms in total. The van der Waals surface area contributed by atoms with Crippen LogP contribution in [0.25, 0.3) is 0 Å². The predicted molar refractivity (Wildman–Crippen MR) is 108 cm³/mol. The maximum absolute atomic E-state index is 13.1. The van der Waals surface area contributed by atoms with Crippen LogP contribution in [0.4, 0.5) is 22.4 Å². The average Bonchev–Trinajstić information content (AvgIpc) is 3.15. The van der Waals surface area contributed by atoms with E-state index in [1.165, 1.54) is 23.1 Å². The Morgan fingerprint density at radius 2 is 1.94 bits per heavy atom. The molecule has 0 radical (unpaired) electrons. The van der Waals surface area contributed by atoms with Crippen LogP contribution in [-0.4, -0.2) is 35.3 Å². The van der Waals surface area contributed by atoms with Gasteiger partial charge in [0.1, 0.15) is 5.82 Å². The zero-order valence-electron chi connectivity index (χ0n) is 17.1. The summed E-state index contributed by atoms with van der Waals surface area (Å²) < 4.78 is 52.3. The van der Waals surface area contributed by atoms with Gasteiger partial charge in [-0.3, -0.25) is 0 Å². The van der Waals surface area contributed by atoms with Crippen LogP contribution < -0.4 is 5.32 Å². The number of nitrogens with zero attached hydrogens (tertiary/aromatic N) is 2. The molecular weight excluding hydrogens is 414 g/mol. The van der Waals surface area contributed by atoms with Crippen molar-refractivity contribution in [2.45, 2.75) is 45.1 Å². The maximum Gasteiger partial charge on any atom is 0.416 e. The summed E-state index contributed by atoms with van der Waals surface area (Å²) in [5.74, 6) is -0.363. The van der Waals surface area contributed by atoms with Gasteiger partial charge >= 0.3 is 12.2 Å². The molecule has 0 aliphatic carbocycles. The van der Waals surface area contributed by atoms with Gasteiger partial charge in [-0.1, -0.05) is 29.4 Å². The highest BCUT2D eigenvalue weighted by Crippen LogP contribution is 2.30. The molecule has 1 heterocycles. The van der Waals surface area contributed by atoms with E-state index in [1.807, 2.05) is 0 Å². The Labute approximate surface area is 177 Å². The van der Waals surface area contributed by atoms with Crippen LogP contribution in [-0.2, 0) is 17.6 Å². The molecule has 0 bridgehead atoms. The van der Waals surface area contributed by atoms with Crippen molar-refractivity contribution in [1.82, 2.24) is 10.2 Å². The van der Waals surface area contributed by atoms with E-state index in [1.54, 1.807) is 32.0 Å². The number of carbonyl (C=O) groups is 1. The molecule has 1 aliphatic heterocycles. The molecule has 2 aromatic carbocycles. The topological polar surface area (TPSA) is 53.9 Å². The third-order valence-electron chi connectivity index (χ3n) is 4.66. The molecule has 166 valence electrons. The fourth-order valence-electron chi connectivity index (χ4n) is 3.21. The molecule has 0 unspecified atom stereocenters. The number of amides is 2. The lowest BCUT2D eigenvalue weighted by Crippen LogP contribution is -2.45. The fraction of sp³-hybridized carbons (Fsp3) is 0.364. The quantitative estimate of drug-likeness (QED) is 0.650. The van der Waals surface area contributed by atoms with Gasteiger partial charge in [0, 0.05) is 19.0 Å². The third kappa shape index (κ3) is 6.19. The molecule has 3 rings (SSSR count). The second-order valence-corrected chi connectivity index (χ2v) is 7.66. The Hall–Kier alpha value is -3.10. The summed E-state index contributed by atoms with van der Waals surface area (Å²) in [4.78, 5) is 19.5. The Bertz CT molecular complexity index is 943. The number of hydrogen-bond donors (Lipinski definition) is 1. The molecule has 2 amide bonds. The minimum atomic E-state index is -4.46.